The molecule has 3 heterocycles. The van der Waals surface area contributed by atoms with E-state index >= 15 is 0 Å². The molecule has 1 amide bonds. The third kappa shape index (κ3) is 5.91. The maximum atomic E-state index is 12.3. The second-order valence-corrected chi connectivity index (χ2v) is 8.23. The molecule has 6 heteroatoms. The number of carbonyl (C=O) groups is 1. The number of hydrogen-bond acceptors (Lipinski definition) is 5. The van der Waals surface area contributed by atoms with Gasteiger partial charge in [0.05, 0.1) is 12.2 Å². The summed E-state index contributed by atoms with van der Waals surface area (Å²) in [5, 5.41) is 6.44. The summed E-state index contributed by atoms with van der Waals surface area (Å²) in [6, 6.07) is 4.10. The molecule has 3 rings (SSSR count). The Kier molecular flexibility index (Phi) is 7.07. The average molecular weight is 375 g/mol. The first-order valence-corrected chi connectivity index (χ1v) is 10.3. The summed E-state index contributed by atoms with van der Waals surface area (Å²) >= 11 is 0. The molecule has 0 spiro atoms. The molecule has 2 aliphatic rings. The number of carbonyl (C=O) groups excluding carboxylic acids is 1. The van der Waals surface area contributed by atoms with Gasteiger partial charge in [-0.2, -0.15) is 0 Å². The van der Waals surface area contributed by atoms with Crippen LogP contribution in [0.2, 0.25) is 0 Å². The van der Waals surface area contributed by atoms with Crippen molar-refractivity contribution in [3.63, 3.8) is 0 Å². The molecule has 1 aromatic rings. The first-order chi connectivity index (χ1) is 13.0. The lowest BCUT2D eigenvalue weighted by Gasteiger charge is -2.36. The number of nitrogens with one attached hydrogen (secondary N) is 2. The third-order valence-corrected chi connectivity index (χ3v) is 5.74. The Morgan fingerprint density at radius 3 is 2.63 bits per heavy atom. The molecule has 3 atom stereocenters. The van der Waals surface area contributed by atoms with Crippen LogP contribution >= 0.6 is 0 Å². The van der Waals surface area contributed by atoms with Crippen LogP contribution < -0.4 is 15.5 Å². The predicted octanol–water partition coefficient (Wildman–Crippen LogP) is 2.34. The Hall–Kier alpha value is -1.66. The van der Waals surface area contributed by atoms with E-state index in [2.05, 4.69) is 47.4 Å². The number of aromatic nitrogens is 1. The molecule has 0 aliphatic carbocycles. The summed E-state index contributed by atoms with van der Waals surface area (Å²) in [6.45, 7) is 10.8. The number of rotatable bonds is 6. The number of pyridine rings is 1. The summed E-state index contributed by atoms with van der Waals surface area (Å²) in [5.41, 5.74) is 1.04. The molecule has 0 saturated carbocycles. The fourth-order valence-electron chi connectivity index (χ4n) is 4.22. The number of nitrogens with zero attached hydrogens (tertiary/aromatic N) is 2. The fourth-order valence-corrected chi connectivity index (χ4v) is 4.22. The summed E-state index contributed by atoms with van der Waals surface area (Å²) < 4.78 is 5.78. The quantitative estimate of drug-likeness (QED) is 0.800. The van der Waals surface area contributed by atoms with Crippen LogP contribution in [0.25, 0.3) is 0 Å². The number of ether oxygens (including phenoxy) is 1. The molecule has 2 aliphatic heterocycles. The zero-order valence-corrected chi connectivity index (χ0v) is 16.9. The summed E-state index contributed by atoms with van der Waals surface area (Å²) in [6.07, 6.45) is 5.28. The summed E-state index contributed by atoms with van der Waals surface area (Å²) in [5.74, 6) is 2.22. The van der Waals surface area contributed by atoms with Crippen LogP contribution in [0.3, 0.4) is 0 Å². The van der Waals surface area contributed by atoms with Crippen LogP contribution in [0.5, 0.6) is 0 Å². The fraction of sp³-hybridized carbons (Fsp3) is 0.714. The lowest BCUT2D eigenvalue weighted by Crippen LogP contribution is -2.45. The van der Waals surface area contributed by atoms with Crippen LogP contribution in [-0.4, -0.2) is 49.3 Å². The Morgan fingerprint density at radius 2 is 2.00 bits per heavy atom. The summed E-state index contributed by atoms with van der Waals surface area (Å²) in [7, 11) is 0. The van der Waals surface area contributed by atoms with E-state index in [1.54, 1.807) is 0 Å². The minimum Gasteiger partial charge on any atom is -0.372 e. The molecular formula is C21H34N4O2. The van der Waals surface area contributed by atoms with Crippen molar-refractivity contribution in [1.82, 2.24) is 15.6 Å². The van der Waals surface area contributed by atoms with Gasteiger partial charge in [-0.3, -0.25) is 4.79 Å². The lowest BCUT2D eigenvalue weighted by molar-refractivity contribution is -0.122. The molecule has 2 N–H and O–H groups in total. The number of hydrogen-bond donors (Lipinski definition) is 2. The smallest absolute Gasteiger partial charge is 0.220 e. The largest absolute Gasteiger partial charge is 0.372 e. The Balaban J connectivity index is 1.44. The van der Waals surface area contributed by atoms with Crippen molar-refractivity contribution < 1.29 is 9.53 Å². The molecule has 27 heavy (non-hydrogen) atoms. The summed E-state index contributed by atoms with van der Waals surface area (Å²) in [4.78, 5) is 19.1. The first kappa shape index (κ1) is 20.1. The lowest BCUT2D eigenvalue weighted by atomic mass is 9.84. The number of anilines is 1. The zero-order valence-electron chi connectivity index (χ0n) is 16.9. The maximum absolute atomic E-state index is 12.3. The molecule has 6 nitrogen and oxygen atoms in total. The number of piperidine rings is 1. The highest BCUT2D eigenvalue weighted by molar-refractivity contribution is 5.76. The second-order valence-electron chi connectivity index (χ2n) is 8.23. The molecule has 0 aromatic carbocycles. The highest BCUT2D eigenvalue weighted by Crippen LogP contribution is 2.24. The minimum atomic E-state index is 0.140. The highest BCUT2D eigenvalue weighted by atomic mass is 16.5. The van der Waals surface area contributed by atoms with Crippen LogP contribution in [-0.2, 0) is 16.1 Å². The van der Waals surface area contributed by atoms with Crippen molar-refractivity contribution in [2.75, 3.05) is 31.1 Å². The van der Waals surface area contributed by atoms with Crippen molar-refractivity contribution in [1.29, 1.82) is 0 Å². The van der Waals surface area contributed by atoms with Gasteiger partial charge in [0.1, 0.15) is 5.82 Å². The van der Waals surface area contributed by atoms with Gasteiger partial charge in [0, 0.05) is 32.3 Å². The van der Waals surface area contributed by atoms with Gasteiger partial charge in [-0.05, 0) is 63.2 Å². The Bertz CT molecular complexity index is 591. The maximum Gasteiger partial charge on any atom is 0.220 e. The van der Waals surface area contributed by atoms with Gasteiger partial charge in [0.25, 0.3) is 0 Å². The van der Waals surface area contributed by atoms with E-state index in [0.717, 1.165) is 37.6 Å². The van der Waals surface area contributed by atoms with E-state index in [4.69, 9.17) is 4.74 Å². The van der Waals surface area contributed by atoms with Gasteiger partial charge < -0.3 is 20.3 Å². The predicted molar refractivity (Wildman–Crippen MR) is 108 cm³/mol. The first-order valence-electron chi connectivity index (χ1n) is 10.3. The van der Waals surface area contributed by atoms with E-state index in [9.17, 15) is 4.79 Å². The third-order valence-electron chi connectivity index (χ3n) is 5.74. The standard InChI is InChI=1S/C21H34N4O2/c1-15(19-6-8-22-9-7-19)10-21(26)24-12-18-4-5-20(23-11-18)25-13-16(2)27-17(3)14-25/h4-5,11,15-17,19,22H,6-10,12-14H2,1-3H3,(H,24,26). The monoisotopic (exact) mass is 374 g/mol. The van der Waals surface area contributed by atoms with Crippen LogP contribution in [0.1, 0.15) is 45.6 Å². The van der Waals surface area contributed by atoms with Crippen LogP contribution in [0.15, 0.2) is 18.3 Å². The highest BCUT2D eigenvalue weighted by Gasteiger charge is 2.23. The second kappa shape index (κ2) is 9.51. The van der Waals surface area contributed by atoms with E-state index in [-0.39, 0.29) is 18.1 Å². The van der Waals surface area contributed by atoms with Crippen LogP contribution in [0, 0.1) is 11.8 Å². The van der Waals surface area contributed by atoms with Crippen molar-refractivity contribution in [2.45, 2.75) is 58.8 Å². The van der Waals surface area contributed by atoms with Gasteiger partial charge in [-0.1, -0.05) is 13.0 Å². The van der Waals surface area contributed by atoms with Crippen molar-refractivity contribution in [3.8, 4) is 0 Å². The Morgan fingerprint density at radius 1 is 1.30 bits per heavy atom. The molecule has 0 radical (unpaired) electrons. The molecule has 2 saturated heterocycles. The van der Waals surface area contributed by atoms with Crippen LogP contribution in [0.4, 0.5) is 5.82 Å². The molecule has 2 fully saturated rings. The zero-order chi connectivity index (χ0) is 19.2. The molecular weight excluding hydrogens is 340 g/mol. The Labute approximate surface area is 163 Å². The van der Waals surface area contributed by atoms with Gasteiger partial charge in [0.2, 0.25) is 5.91 Å². The molecule has 3 unspecified atom stereocenters. The normalized spacial score (nSPS) is 25.2. The van der Waals surface area contributed by atoms with Gasteiger partial charge >= 0.3 is 0 Å². The van der Waals surface area contributed by atoms with E-state index < -0.39 is 0 Å². The van der Waals surface area contributed by atoms with Crippen molar-refractivity contribution in [2.24, 2.45) is 11.8 Å². The average Bonchev–Trinajstić information content (AvgIpc) is 2.66. The SMILES string of the molecule is CC1CN(c2ccc(CNC(=O)CC(C)C3CCNCC3)cn2)CC(C)O1. The topological polar surface area (TPSA) is 66.5 Å². The van der Waals surface area contributed by atoms with Gasteiger partial charge in [-0.15, -0.1) is 0 Å². The van der Waals surface area contributed by atoms with E-state index in [0.29, 0.717) is 24.8 Å². The van der Waals surface area contributed by atoms with Crippen molar-refractivity contribution in [3.05, 3.63) is 23.9 Å². The van der Waals surface area contributed by atoms with E-state index in [1.165, 1.54) is 12.8 Å². The van der Waals surface area contributed by atoms with Gasteiger partial charge in [0.15, 0.2) is 0 Å². The number of amides is 1. The minimum absolute atomic E-state index is 0.140. The van der Waals surface area contributed by atoms with Crippen molar-refractivity contribution >= 4 is 11.7 Å². The molecule has 1 aromatic heterocycles. The molecule has 150 valence electrons. The van der Waals surface area contributed by atoms with Gasteiger partial charge in [-0.25, -0.2) is 4.98 Å². The molecule has 0 bridgehead atoms. The number of morpholine rings is 1. The van der Waals surface area contributed by atoms with E-state index in [1.807, 2.05) is 12.3 Å².